The number of carboxylic acid groups (broad SMARTS) is 1. The maximum Gasteiger partial charge on any atom is 0.335 e. The molecule has 0 amide bonds. The first kappa shape index (κ1) is 10.8. The third kappa shape index (κ3) is 1.97. The Kier molecular flexibility index (Phi) is 2.47. The fraction of sp³-hybridized carbons (Fsp3) is 0.308. The highest BCUT2D eigenvalue weighted by Gasteiger charge is 2.22. The molecule has 88 valence electrons. The first-order chi connectivity index (χ1) is 8.15. The second-order valence-corrected chi connectivity index (χ2v) is 5.46. The number of hydrogen-bond acceptors (Lipinski definition) is 1. The fourth-order valence-corrected chi connectivity index (χ4v) is 2.69. The fourth-order valence-electron chi connectivity index (χ4n) is 2.11. The normalized spacial score (nSPS) is 15.4. The number of rotatable bonds is 3. The molecular weight excluding hydrogens is 282 g/mol. The third-order valence-corrected chi connectivity index (χ3v) is 3.89. The Morgan fingerprint density at radius 1 is 1.47 bits per heavy atom. The molecule has 1 fully saturated rings. The second-order valence-electron chi connectivity index (χ2n) is 4.61. The van der Waals surface area contributed by atoms with Crippen LogP contribution in [-0.4, -0.2) is 15.6 Å². The SMILES string of the molecule is O=C(O)c1cc(Br)c2ccn(CC3CC3)c2c1. The second kappa shape index (κ2) is 3.88. The van der Waals surface area contributed by atoms with Crippen LogP contribution in [0.5, 0.6) is 0 Å². The zero-order valence-corrected chi connectivity index (χ0v) is 10.8. The summed E-state index contributed by atoms with van der Waals surface area (Å²) in [6.07, 6.45) is 4.62. The van der Waals surface area contributed by atoms with Gasteiger partial charge in [-0.15, -0.1) is 0 Å². The largest absolute Gasteiger partial charge is 0.478 e. The average molecular weight is 294 g/mol. The Morgan fingerprint density at radius 3 is 2.88 bits per heavy atom. The van der Waals surface area contributed by atoms with Crippen molar-refractivity contribution >= 4 is 32.8 Å². The summed E-state index contributed by atoms with van der Waals surface area (Å²) in [5.41, 5.74) is 1.34. The van der Waals surface area contributed by atoms with Crippen molar-refractivity contribution < 1.29 is 9.90 Å². The summed E-state index contributed by atoms with van der Waals surface area (Å²) in [6.45, 7) is 0.999. The predicted molar refractivity (Wildman–Crippen MR) is 69.3 cm³/mol. The standard InChI is InChI=1S/C13H12BrNO2/c14-11-5-9(13(16)17)6-12-10(11)3-4-15(12)7-8-1-2-8/h3-6,8H,1-2,7H2,(H,16,17). The quantitative estimate of drug-likeness (QED) is 0.941. The van der Waals surface area contributed by atoms with E-state index in [-0.39, 0.29) is 0 Å². The summed E-state index contributed by atoms with van der Waals surface area (Å²) in [5.74, 6) is -0.107. The molecule has 0 atom stereocenters. The van der Waals surface area contributed by atoms with Crippen molar-refractivity contribution in [1.29, 1.82) is 0 Å². The highest BCUT2D eigenvalue weighted by molar-refractivity contribution is 9.10. The van der Waals surface area contributed by atoms with Crippen LogP contribution in [0.3, 0.4) is 0 Å². The van der Waals surface area contributed by atoms with E-state index in [4.69, 9.17) is 5.11 Å². The lowest BCUT2D eigenvalue weighted by molar-refractivity contribution is 0.0697. The predicted octanol–water partition coefficient (Wildman–Crippen LogP) is 3.51. The van der Waals surface area contributed by atoms with Crippen LogP contribution < -0.4 is 0 Å². The molecule has 0 saturated heterocycles. The lowest BCUT2D eigenvalue weighted by Gasteiger charge is -2.05. The van der Waals surface area contributed by atoms with E-state index in [1.165, 1.54) is 12.8 Å². The van der Waals surface area contributed by atoms with E-state index in [9.17, 15) is 4.79 Å². The highest BCUT2D eigenvalue weighted by Crippen LogP contribution is 2.33. The molecule has 1 saturated carbocycles. The number of hydrogen-bond donors (Lipinski definition) is 1. The maximum absolute atomic E-state index is 11.0. The van der Waals surface area contributed by atoms with Crippen molar-refractivity contribution in [3.8, 4) is 0 Å². The minimum atomic E-state index is -0.883. The molecule has 0 radical (unpaired) electrons. The number of fused-ring (bicyclic) bond motifs is 1. The third-order valence-electron chi connectivity index (χ3n) is 3.24. The van der Waals surface area contributed by atoms with Crippen LogP contribution in [0, 0.1) is 5.92 Å². The number of benzene rings is 1. The Labute approximate surface area is 107 Å². The molecule has 1 N–H and O–H groups in total. The van der Waals surface area contributed by atoms with Gasteiger partial charge in [0.1, 0.15) is 0 Å². The van der Waals surface area contributed by atoms with E-state index in [1.807, 2.05) is 12.3 Å². The van der Waals surface area contributed by atoms with Gasteiger partial charge in [0.2, 0.25) is 0 Å². The van der Waals surface area contributed by atoms with Crippen LogP contribution in [0.4, 0.5) is 0 Å². The van der Waals surface area contributed by atoms with Gasteiger partial charge in [0.25, 0.3) is 0 Å². The van der Waals surface area contributed by atoms with Crippen LogP contribution in [0.15, 0.2) is 28.9 Å². The Balaban J connectivity index is 2.14. The van der Waals surface area contributed by atoms with Crippen molar-refractivity contribution in [1.82, 2.24) is 4.57 Å². The van der Waals surface area contributed by atoms with Crippen molar-refractivity contribution in [3.63, 3.8) is 0 Å². The molecule has 1 aliphatic rings. The topological polar surface area (TPSA) is 42.2 Å². The molecule has 17 heavy (non-hydrogen) atoms. The molecule has 3 rings (SSSR count). The summed E-state index contributed by atoms with van der Waals surface area (Å²) in [5, 5.41) is 10.1. The summed E-state index contributed by atoms with van der Waals surface area (Å²) in [4.78, 5) is 11.0. The Bertz CT molecular complexity index is 599. The Hall–Kier alpha value is -1.29. The Morgan fingerprint density at radius 2 is 2.24 bits per heavy atom. The zero-order chi connectivity index (χ0) is 12.0. The summed E-state index contributed by atoms with van der Waals surface area (Å²) in [7, 11) is 0. The van der Waals surface area contributed by atoms with Gasteiger partial charge < -0.3 is 9.67 Å². The monoisotopic (exact) mass is 293 g/mol. The number of nitrogens with zero attached hydrogens (tertiary/aromatic N) is 1. The van der Waals surface area contributed by atoms with Crippen LogP contribution in [0.1, 0.15) is 23.2 Å². The molecule has 4 heteroatoms. The molecule has 1 aromatic heterocycles. The highest BCUT2D eigenvalue weighted by atomic mass is 79.9. The van der Waals surface area contributed by atoms with Crippen molar-refractivity contribution in [2.45, 2.75) is 19.4 Å². The zero-order valence-electron chi connectivity index (χ0n) is 9.19. The average Bonchev–Trinajstić information content (AvgIpc) is 2.99. The number of aromatic carboxylic acids is 1. The van der Waals surface area contributed by atoms with Gasteiger partial charge in [-0.1, -0.05) is 15.9 Å². The summed E-state index contributed by atoms with van der Waals surface area (Å²) < 4.78 is 3.01. The van der Waals surface area contributed by atoms with E-state index in [0.29, 0.717) is 5.56 Å². The first-order valence-corrected chi connectivity index (χ1v) is 6.46. The minimum absolute atomic E-state index is 0.333. The molecule has 1 aromatic carbocycles. The smallest absolute Gasteiger partial charge is 0.335 e. The molecule has 0 bridgehead atoms. The lowest BCUT2D eigenvalue weighted by atomic mass is 10.1. The van der Waals surface area contributed by atoms with Crippen molar-refractivity contribution in [2.24, 2.45) is 5.92 Å². The molecule has 0 spiro atoms. The molecular formula is C13H12BrNO2. The summed E-state index contributed by atoms with van der Waals surface area (Å²) in [6, 6.07) is 5.45. The first-order valence-electron chi connectivity index (χ1n) is 5.67. The number of carboxylic acids is 1. The molecule has 0 unspecified atom stereocenters. The van der Waals surface area contributed by atoms with E-state index in [0.717, 1.165) is 27.8 Å². The van der Waals surface area contributed by atoms with E-state index in [2.05, 4.69) is 20.5 Å². The van der Waals surface area contributed by atoms with Crippen LogP contribution in [-0.2, 0) is 6.54 Å². The lowest BCUT2D eigenvalue weighted by Crippen LogP contribution is -2.00. The number of carbonyl (C=O) groups is 1. The maximum atomic E-state index is 11.0. The van der Waals surface area contributed by atoms with Gasteiger partial charge in [-0.05, 0) is 37.0 Å². The van der Waals surface area contributed by atoms with Gasteiger partial charge in [-0.3, -0.25) is 0 Å². The van der Waals surface area contributed by atoms with Gasteiger partial charge in [-0.25, -0.2) is 4.79 Å². The molecule has 2 aromatic rings. The van der Waals surface area contributed by atoms with Crippen molar-refractivity contribution in [2.75, 3.05) is 0 Å². The van der Waals surface area contributed by atoms with Crippen LogP contribution in [0.25, 0.3) is 10.9 Å². The molecule has 1 aliphatic carbocycles. The van der Waals surface area contributed by atoms with E-state index < -0.39 is 5.97 Å². The van der Waals surface area contributed by atoms with Gasteiger partial charge in [-0.2, -0.15) is 0 Å². The van der Waals surface area contributed by atoms with Crippen LogP contribution >= 0.6 is 15.9 Å². The van der Waals surface area contributed by atoms with Gasteiger partial charge in [0, 0.05) is 28.1 Å². The molecule has 0 aliphatic heterocycles. The van der Waals surface area contributed by atoms with E-state index >= 15 is 0 Å². The minimum Gasteiger partial charge on any atom is -0.478 e. The van der Waals surface area contributed by atoms with Gasteiger partial charge in [0.15, 0.2) is 0 Å². The molecule has 1 heterocycles. The van der Waals surface area contributed by atoms with Crippen LogP contribution in [0.2, 0.25) is 0 Å². The van der Waals surface area contributed by atoms with Gasteiger partial charge in [0.05, 0.1) is 5.56 Å². The number of halogens is 1. The van der Waals surface area contributed by atoms with E-state index in [1.54, 1.807) is 12.1 Å². The van der Waals surface area contributed by atoms with Gasteiger partial charge >= 0.3 is 5.97 Å². The summed E-state index contributed by atoms with van der Waals surface area (Å²) >= 11 is 3.43. The van der Waals surface area contributed by atoms with Crippen molar-refractivity contribution in [3.05, 3.63) is 34.4 Å². The molecule has 3 nitrogen and oxygen atoms in total. The number of aromatic nitrogens is 1.